The Morgan fingerprint density at radius 3 is 2.00 bits per heavy atom. The van der Waals surface area contributed by atoms with Crippen LogP contribution in [0.4, 0.5) is 11.4 Å². The predicted octanol–water partition coefficient (Wildman–Crippen LogP) is 4.71. The maximum absolute atomic E-state index is 3.52. The van der Waals surface area contributed by atoms with Gasteiger partial charge in [0.2, 0.25) is 0 Å². The minimum atomic E-state index is 0.884. The lowest BCUT2D eigenvalue weighted by Gasteiger charge is -2.21. The molecule has 1 N–H and O–H groups in total. The summed E-state index contributed by atoms with van der Waals surface area (Å²) in [6.45, 7) is 9.57. The van der Waals surface area contributed by atoms with Crippen molar-refractivity contribution in [2.45, 2.75) is 33.7 Å². The Balaban J connectivity index is 2.00. The Kier molecular flexibility index (Phi) is 5.68. The lowest BCUT2D eigenvalue weighted by atomic mass is 10.1. The van der Waals surface area contributed by atoms with Gasteiger partial charge < -0.3 is 10.2 Å². The molecule has 0 unspecified atom stereocenters. The van der Waals surface area contributed by atoms with Crippen molar-refractivity contribution in [3.63, 3.8) is 0 Å². The van der Waals surface area contributed by atoms with E-state index in [1.54, 1.807) is 0 Å². The zero-order valence-corrected chi connectivity index (χ0v) is 13.4. The number of aryl methyl sites for hydroxylation is 1. The molecule has 0 fully saturated rings. The van der Waals surface area contributed by atoms with Gasteiger partial charge in [-0.25, -0.2) is 0 Å². The molecule has 2 rings (SSSR count). The van der Waals surface area contributed by atoms with E-state index in [1.165, 1.54) is 22.5 Å². The van der Waals surface area contributed by atoms with Crippen LogP contribution in [-0.2, 0) is 13.0 Å². The molecule has 0 bridgehead atoms. The van der Waals surface area contributed by atoms with Crippen LogP contribution in [0.25, 0.3) is 0 Å². The monoisotopic (exact) mass is 282 g/mol. The first-order chi connectivity index (χ1) is 10.3. The molecule has 0 saturated carbocycles. The molecule has 0 aliphatic carbocycles. The van der Waals surface area contributed by atoms with Gasteiger partial charge in [-0.1, -0.05) is 31.2 Å². The van der Waals surface area contributed by atoms with E-state index in [0.29, 0.717) is 0 Å². The van der Waals surface area contributed by atoms with E-state index in [0.717, 1.165) is 26.1 Å². The molecule has 0 amide bonds. The van der Waals surface area contributed by atoms with Crippen LogP contribution >= 0.6 is 0 Å². The predicted molar refractivity (Wildman–Crippen MR) is 93.1 cm³/mol. The second kappa shape index (κ2) is 7.72. The summed E-state index contributed by atoms with van der Waals surface area (Å²) in [6.07, 6.45) is 1.08. The topological polar surface area (TPSA) is 15.3 Å². The summed E-state index contributed by atoms with van der Waals surface area (Å²) < 4.78 is 0. The van der Waals surface area contributed by atoms with E-state index in [-0.39, 0.29) is 0 Å². The molecule has 0 spiro atoms. The molecule has 0 heterocycles. The van der Waals surface area contributed by atoms with Crippen LogP contribution in [0.2, 0.25) is 0 Å². The highest BCUT2D eigenvalue weighted by molar-refractivity contribution is 5.55. The molecule has 2 aromatic rings. The van der Waals surface area contributed by atoms with Crippen molar-refractivity contribution in [3.8, 4) is 0 Å². The fourth-order valence-corrected chi connectivity index (χ4v) is 2.65. The van der Waals surface area contributed by atoms with Crippen molar-refractivity contribution in [2.75, 3.05) is 23.3 Å². The molecule has 0 aromatic heterocycles. The third-order valence-electron chi connectivity index (χ3n) is 3.98. The zero-order chi connectivity index (χ0) is 15.1. The van der Waals surface area contributed by atoms with Crippen LogP contribution < -0.4 is 10.2 Å². The summed E-state index contributed by atoms with van der Waals surface area (Å²) in [4.78, 5) is 2.36. The van der Waals surface area contributed by atoms with Gasteiger partial charge in [0.25, 0.3) is 0 Å². The average Bonchev–Trinajstić information content (AvgIpc) is 2.55. The van der Waals surface area contributed by atoms with Crippen LogP contribution in [-0.4, -0.2) is 13.1 Å². The van der Waals surface area contributed by atoms with Gasteiger partial charge in [-0.2, -0.15) is 0 Å². The van der Waals surface area contributed by atoms with E-state index in [1.807, 2.05) is 0 Å². The summed E-state index contributed by atoms with van der Waals surface area (Å²) in [5, 5.41) is 3.52. The van der Waals surface area contributed by atoms with Crippen molar-refractivity contribution in [1.82, 2.24) is 0 Å². The van der Waals surface area contributed by atoms with Gasteiger partial charge in [0.15, 0.2) is 0 Å². The van der Waals surface area contributed by atoms with Gasteiger partial charge in [-0.3, -0.25) is 0 Å². The molecule has 2 heteroatoms. The standard InChI is InChI=1S/C19H26N2/c1-4-16-9-7-8-10-17(16)15-20-18-11-13-19(14-12-18)21(5-2)6-3/h7-14,20H,4-6,15H2,1-3H3. The van der Waals surface area contributed by atoms with Gasteiger partial charge >= 0.3 is 0 Å². The summed E-state index contributed by atoms with van der Waals surface area (Å²) in [5.74, 6) is 0. The third kappa shape index (κ3) is 4.01. The molecular formula is C19H26N2. The SMILES string of the molecule is CCc1ccccc1CNc1ccc(N(CC)CC)cc1. The molecule has 0 atom stereocenters. The van der Waals surface area contributed by atoms with Crippen molar-refractivity contribution in [2.24, 2.45) is 0 Å². The Labute approximate surface area is 128 Å². The van der Waals surface area contributed by atoms with Crippen molar-refractivity contribution in [3.05, 3.63) is 59.7 Å². The van der Waals surface area contributed by atoms with E-state index >= 15 is 0 Å². The first-order valence-electron chi connectivity index (χ1n) is 7.94. The van der Waals surface area contributed by atoms with Crippen LogP contribution in [0, 0.1) is 0 Å². The maximum Gasteiger partial charge on any atom is 0.0403 e. The number of hydrogen-bond donors (Lipinski definition) is 1. The highest BCUT2D eigenvalue weighted by Gasteiger charge is 2.02. The van der Waals surface area contributed by atoms with Gasteiger partial charge in [0.1, 0.15) is 0 Å². The number of rotatable bonds is 7. The fraction of sp³-hybridized carbons (Fsp3) is 0.368. The van der Waals surface area contributed by atoms with Crippen molar-refractivity contribution in [1.29, 1.82) is 0 Å². The van der Waals surface area contributed by atoms with E-state index in [2.05, 4.69) is 79.5 Å². The van der Waals surface area contributed by atoms with Gasteiger partial charge in [0, 0.05) is 31.0 Å². The van der Waals surface area contributed by atoms with Crippen molar-refractivity contribution < 1.29 is 0 Å². The fourth-order valence-electron chi connectivity index (χ4n) is 2.65. The Bertz CT molecular complexity index is 542. The van der Waals surface area contributed by atoms with Crippen LogP contribution in [0.15, 0.2) is 48.5 Å². The first-order valence-corrected chi connectivity index (χ1v) is 7.94. The minimum absolute atomic E-state index is 0.884. The number of hydrogen-bond acceptors (Lipinski definition) is 2. The number of benzene rings is 2. The Morgan fingerprint density at radius 1 is 0.810 bits per heavy atom. The molecule has 112 valence electrons. The molecule has 0 saturated heterocycles. The van der Waals surface area contributed by atoms with E-state index in [4.69, 9.17) is 0 Å². The minimum Gasteiger partial charge on any atom is -0.381 e. The first kappa shape index (κ1) is 15.4. The van der Waals surface area contributed by atoms with Crippen LogP contribution in [0.3, 0.4) is 0 Å². The largest absolute Gasteiger partial charge is 0.381 e. The van der Waals surface area contributed by atoms with Crippen LogP contribution in [0.5, 0.6) is 0 Å². The van der Waals surface area contributed by atoms with E-state index in [9.17, 15) is 0 Å². The molecule has 2 nitrogen and oxygen atoms in total. The summed E-state index contributed by atoms with van der Waals surface area (Å²) in [6, 6.07) is 17.4. The lowest BCUT2D eigenvalue weighted by Crippen LogP contribution is -2.21. The zero-order valence-electron chi connectivity index (χ0n) is 13.4. The maximum atomic E-state index is 3.52. The quantitative estimate of drug-likeness (QED) is 0.791. The second-order valence-electron chi connectivity index (χ2n) is 5.19. The number of nitrogens with zero attached hydrogens (tertiary/aromatic N) is 1. The number of anilines is 2. The summed E-state index contributed by atoms with van der Waals surface area (Å²) in [5.41, 5.74) is 5.27. The smallest absolute Gasteiger partial charge is 0.0403 e. The summed E-state index contributed by atoms with van der Waals surface area (Å²) in [7, 11) is 0. The molecule has 2 aromatic carbocycles. The highest BCUT2D eigenvalue weighted by Crippen LogP contribution is 2.19. The van der Waals surface area contributed by atoms with Crippen molar-refractivity contribution >= 4 is 11.4 Å². The van der Waals surface area contributed by atoms with Crippen LogP contribution in [0.1, 0.15) is 31.9 Å². The number of nitrogens with one attached hydrogen (secondary N) is 1. The lowest BCUT2D eigenvalue weighted by molar-refractivity contribution is 0.866. The molecular weight excluding hydrogens is 256 g/mol. The third-order valence-corrected chi connectivity index (χ3v) is 3.98. The van der Waals surface area contributed by atoms with E-state index < -0.39 is 0 Å². The Morgan fingerprint density at radius 2 is 1.43 bits per heavy atom. The van der Waals surface area contributed by atoms with Gasteiger partial charge in [-0.05, 0) is 55.7 Å². The van der Waals surface area contributed by atoms with Gasteiger partial charge in [0.05, 0.1) is 0 Å². The molecule has 0 aliphatic rings. The molecule has 21 heavy (non-hydrogen) atoms. The molecule has 0 radical (unpaired) electrons. The average molecular weight is 282 g/mol. The summed E-state index contributed by atoms with van der Waals surface area (Å²) >= 11 is 0. The molecule has 0 aliphatic heterocycles. The normalized spacial score (nSPS) is 10.4. The Hall–Kier alpha value is -1.96. The highest BCUT2D eigenvalue weighted by atomic mass is 15.1. The second-order valence-corrected chi connectivity index (χ2v) is 5.19. The van der Waals surface area contributed by atoms with Gasteiger partial charge in [-0.15, -0.1) is 0 Å².